The van der Waals surface area contributed by atoms with E-state index in [1.54, 1.807) is 0 Å². The van der Waals surface area contributed by atoms with Crippen molar-refractivity contribution in [3.05, 3.63) is 70.8 Å². The zero-order valence-electron chi connectivity index (χ0n) is 13.7. The van der Waals surface area contributed by atoms with Crippen LogP contribution in [0.3, 0.4) is 0 Å². The second-order valence-electron chi connectivity index (χ2n) is 5.99. The van der Waals surface area contributed by atoms with Crippen molar-refractivity contribution in [2.75, 3.05) is 6.54 Å². The highest BCUT2D eigenvalue weighted by Crippen LogP contribution is 2.32. The van der Waals surface area contributed by atoms with Gasteiger partial charge < -0.3 is 5.32 Å². The zero-order chi connectivity index (χ0) is 15.2. The Kier molecular flexibility index (Phi) is 5.58. The molecule has 2 unspecified atom stereocenters. The number of nitrogens with one attached hydrogen (secondary N) is 1. The summed E-state index contributed by atoms with van der Waals surface area (Å²) in [5, 5.41) is 3.74. The van der Waals surface area contributed by atoms with Crippen molar-refractivity contribution in [1.29, 1.82) is 0 Å². The highest BCUT2D eigenvalue weighted by Gasteiger charge is 2.21. The highest BCUT2D eigenvalue weighted by molar-refractivity contribution is 5.35. The van der Waals surface area contributed by atoms with Crippen molar-refractivity contribution in [3.8, 4) is 0 Å². The summed E-state index contributed by atoms with van der Waals surface area (Å²) in [7, 11) is 0. The second-order valence-corrected chi connectivity index (χ2v) is 5.99. The number of rotatable bonds is 6. The Labute approximate surface area is 129 Å². The molecule has 2 rings (SSSR count). The van der Waals surface area contributed by atoms with Gasteiger partial charge in [-0.3, -0.25) is 0 Å². The molecule has 1 heteroatoms. The lowest BCUT2D eigenvalue weighted by Crippen LogP contribution is -2.27. The lowest BCUT2D eigenvalue weighted by molar-refractivity contribution is 0.464. The molecule has 0 bridgehead atoms. The monoisotopic (exact) mass is 281 g/mol. The summed E-state index contributed by atoms with van der Waals surface area (Å²) < 4.78 is 0. The van der Waals surface area contributed by atoms with Gasteiger partial charge in [0.25, 0.3) is 0 Å². The molecule has 1 nitrogen and oxygen atoms in total. The van der Waals surface area contributed by atoms with Crippen molar-refractivity contribution in [3.63, 3.8) is 0 Å². The van der Waals surface area contributed by atoms with E-state index in [-0.39, 0.29) is 0 Å². The van der Waals surface area contributed by atoms with Crippen LogP contribution >= 0.6 is 0 Å². The van der Waals surface area contributed by atoms with Crippen LogP contribution in [0.5, 0.6) is 0 Å². The molecule has 0 saturated heterocycles. The number of benzene rings is 2. The standard InChI is InChI=1S/C20H27N/c1-5-13-21-20(17(4)18-9-7-6-8-10-18)19-12-11-15(2)14-16(19)3/h6-12,14,17,20-21H,5,13H2,1-4H3. The van der Waals surface area contributed by atoms with Gasteiger partial charge >= 0.3 is 0 Å². The second kappa shape index (κ2) is 7.42. The maximum Gasteiger partial charge on any atom is 0.0389 e. The van der Waals surface area contributed by atoms with Crippen LogP contribution in [0.25, 0.3) is 0 Å². The van der Waals surface area contributed by atoms with Crippen molar-refractivity contribution in [1.82, 2.24) is 5.32 Å². The molecule has 2 aromatic rings. The molecule has 2 atom stereocenters. The number of hydrogen-bond donors (Lipinski definition) is 1. The van der Waals surface area contributed by atoms with E-state index in [4.69, 9.17) is 0 Å². The summed E-state index contributed by atoms with van der Waals surface area (Å²) in [6.45, 7) is 9.98. The van der Waals surface area contributed by atoms with Crippen LogP contribution in [0, 0.1) is 13.8 Å². The number of hydrogen-bond acceptors (Lipinski definition) is 1. The Morgan fingerprint density at radius 3 is 2.33 bits per heavy atom. The largest absolute Gasteiger partial charge is 0.309 e. The molecule has 0 heterocycles. The van der Waals surface area contributed by atoms with Gasteiger partial charge in [-0.2, -0.15) is 0 Å². The van der Waals surface area contributed by atoms with E-state index in [9.17, 15) is 0 Å². The predicted molar refractivity (Wildman–Crippen MR) is 91.8 cm³/mol. The fourth-order valence-electron chi connectivity index (χ4n) is 2.98. The predicted octanol–water partition coefficient (Wildman–Crippen LogP) is 5.15. The maximum atomic E-state index is 3.74. The van der Waals surface area contributed by atoms with Gasteiger partial charge in [-0.05, 0) is 43.5 Å². The molecule has 0 aliphatic heterocycles. The SMILES string of the molecule is CCCNC(c1ccc(C)cc1C)C(C)c1ccccc1. The Hall–Kier alpha value is -1.60. The first-order valence-electron chi connectivity index (χ1n) is 7.99. The van der Waals surface area contributed by atoms with Gasteiger partial charge in [0.1, 0.15) is 0 Å². The lowest BCUT2D eigenvalue weighted by Gasteiger charge is -2.28. The first kappa shape index (κ1) is 15.8. The van der Waals surface area contributed by atoms with Gasteiger partial charge in [-0.25, -0.2) is 0 Å². The average molecular weight is 281 g/mol. The molecule has 0 aliphatic rings. The molecule has 21 heavy (non-hydrogen) atoms. The Morgan fingerprint density at radius 2 is 1.71 bits per heavy atom. The van der Waals surface area contributed by atoms with E-state index < -0.39 is 0 Å². The molecule has 0 amide bonds. The quantitative estimate of drug-likeness (QED) is 0.772. The summed E-state index contributed by atoms with van der Waals surface area (Å²) in [6.07, 6.45) is 1.16. The van der Waals surface area contributed by atoms with Crippen LogP contribution in [0.1, 0.15) is 54.5 Å². The Balaban J connectivity index is 2.33. The highest BCUT2D eigenvalue weighted by atomic mass is 14.9. The van der Waals surface area contributed by atoms with Crippen LogP contribution in [0.4, 0.5) is 0 Å². The van der Waals surface area contributed by atoms with Gasteiger partial charge in [-0.1, -0.05) is 67.9 Å². The summed E-state index contributed by atoms with van der Waals surface area (Å²) in [5.41, 5.74) is 5.53. The van der Waals surface area contributed by atoms with E-state index in [0.717, 1.165) is 13.0 Å². The van der Waals surface area contributed by atoms with Crippen molar-refractivity contribution in [2.45, 2.75) is 46.1 Å². The van der Waals surface area contributed by atoms with Gasteiger partial charge in [0.05, 0.1) is 0 Å². The van der Waals surface area contributed by atoms with E-state index in [0.29, 0.717) is 12.0 Å². The molecule has 0 aliphatic carbocycles. The minimum absolute atomic E-state index is 0.368. The summed E-state index contributed by atoms with van der Waals surface area (Å²) in [5.74, 6) is 0.458. The molecule has 0 spiro atoms. The third-order valence-corrected chi connectivity index (χ3v) is 4.20. The first-order chi connectivity index (χ1) is 10.1. The van der Waals surface area contributed by atoms with E-state index >= 15 is 0 Å². The normalized spacial score (nSPS) is 13.9. The topological polar surface area (TPSA) is 12.0 Å². The molecule has 112 valence electrons. The summed E-state index contributed by atoms with van der Waals surface area (Å²) in [6, 6.07) is 18.0. The minimum Gasteiger partial charge on any atom is -0.309 e. The van der Waals surface area contributed by atoms with Crippen molar-refractivity contribution in [2.24, 2.45) is 0 Å². The van der Waals surface area contributed by atoms with E-state index in [1.807, 2.05) is 0 Å². The fraction of sp³-hybridized carbons (Fsp3) is 0.400. The van der Waals surface area contributed by atoms with Crippen LogP contribution in [-0.2, 0) is 0 Å². The molecule has 0 radical (unpaired) electrons. The van der Waals surface area contributed by atoms with Gasteiger partial charge in [0, 0.05) is 12.0 Å². The third-order valence-electron chi connectivity index (χ3n) is 4.20. The number of aryl methyl sites for hydroxylation is 2. The zero-order valence-corrected chi connectivity index (χ0v) is 13.7. The van der Waals surface area contributed by atoms with Crippen LogP contribution in [0.2, 0.25) is 0 Å². The van der Waals surface area contributed by atoms with Crippen molar-refractivity contribution < 1.29 is 0 Å². The van der Waals surface area contributed by atoms with Gasteiger partial charge in [0.2, 0.25) is 0 Å². The summed E-state index contributed by atoms with van der Waals surface area (Å²) in [4.78, 5) is 0. The average Bonchev–Trinajstić information content (AvgIpc) is 2.50. The maximum absolute atomic E-state index is 3.74. The molecule has 2 aromatic carbocycles. The van der Waals surface area contributed by atoms with Gasteiger partial charge in [0.15, 0.2) is 0 Å². The van der Waals surface area contributed by atoms with E-state index in [1.165, 1.54) is 22.3 Å². The Bertz CT molecular complexity index is 559. The smallest absolute Gasteiger partial charge is 0.0389 e. The fourth-order valence-corrected chi connectivity index (χ4v) is 2.98. The minimum atomic E-state index is 0.368. The Morgan fingerprint density at radius 1 is 1.00 bits per heavy atom. The summed E-state index contributed by atoms with van der Waals surface area (Å²) >= 11 is 0. The first-order valence-corrected chi connectivity index (χ1v) is 7.99. The molecule has 1 N–H and O–H groups in total. The third kappa shape index (κ3) is 3.95. The molecule has 0 saturated carbocycles. The molecular weight excluding hydrogens is 254 g/mol. The molecule has 0 aromatic heterocycles. The lowest BCUT2D eigenvalue weighted by atomic mass is 9.86. The molecule has 0 fully saturated rings. The van der Waals surface area contributed by atoms with Crippen molar-refractivity contribution >= 4 is 0 Å². The van der Waals surface area contributed by atoms with Gasteiger partial charge in [-0.15, -0.1) is 0 Å². The van der Waals surface area contributed by atoms with Crippen LogP contribution in [0.15, 0.2) is 48.5 Å². The molecular formula is C20H27N. The van der Waals surface area contributed by atoms with Crippen LogP contribution in [-0.4, -0.2) is 6.54 Å². The van der Waals surface area contributed by atoms with E-state index in [2.05, 4.69) is 81.5 Å². The van der Waals surface area contributed by atoms with Crippen LogP contribution < -0.4 is 5.32 Å².